The molecule has 0 bridgehead atoms. The van der Waals surface area contributed by atoms with Gasteiger partial charge in [0.2, 0.25) is 0 Å². The quantitative estimate of drug-likeness (QED) is 0.681. The molecule has 1 heterocycles. The van der Waals surface area contributed by atoms with Crippen LogP contribution in [0, 0.1) is 0 Å². The topological polar surface area (TPSA) is 94.4 Å². The number of nitrogens with zero attached hydrogens (tertiary/aromatic N) is 2. The highest BCUT2D eigenvalue weighted by atomic mass is 31.2. The monoisotopic (exact) mass is 248 g/mol. The van der Waals surface area contributed by atoms with Gasteiger partial charge in [-0.25, -0.2) is 0 Å². The van der Waals surface area contributed by atoms with E-state index in [1.807, 2.05) is 0 Å². The van der Waals surface area contributed by atoms with Crippen LogP contribution in [0.15, 0.2) is 10.2 Å². The lowest BCUT2D eigenvalue weighted by Crippen LogP contribution is -2.25. The van der Waals surface area contributed by atoms with E-state index in [0.717, 1.165) is 0 Å². The van der Waals surface area contributed by atoms with Crippen LogP contribution in [0.3, 0.4) is 0 Å². The minimum Gasteiger partial charge on any atom is -0.312 e. The summed E-state index contributed by atoms with van der Waals surface area (Å²) in [5.74, 6) is -0.728. The summed E-state index contributed by atoms with van der Waals surface area (Å²) >= 11 is 0. The zero-order valence-electron chi connectivity index (χ0n) is 9.08. The van der Waals surface area contributed by atoms with Gasteiger partial charge in [-0.2, -0.15) is 5.11 Å². The average Bonchev–Trinajstić information content (AvgIpc) is 2.29. The molecule has 8 heteroatoms. The van der Waals surface area contributed by atoms with Gasteiger partial charge in [0.15, 0.2) is 5.78 Å². The van der Waals surface area contributed by atoms with Crippen LogP contribution in [0.1, 0.15) is 12.8 Å². The van der Waals surface area contributed by atoms with Crippen molar-refractivity contribution in [3.8, 4) is 0 Å². The molecular weight excluding hydrogens is 235 g/mol. The third-order valence-electron chi connectivity index (χ3n) is 2.22. The van der Waals surface area contributed by atoms with Crippen molar-refractivity contribution in [1.29, 1.82) is 0 Å². The number of rotatable bonds is 5. The number of amides is 1. The second-order valence-corrected chi connectivity index (χ2v) is 5.53. The van der Waals surface area contributed by atoms with Crippen molar-refractivity contribution in [3.63, 3.8) is 0 Å². The van der Waals surface area contributed by atoms with Gasteiger partial charge in [0, 0.05) is 20.6 Å². The average molecular weight is 248 g/mol. The van der Waals surface area contributed by atoms with E-state index in [9.17, 15) is 14.2 Å². The highest BCUT2D eigenvalue weighted by Gasteiger charge is 2.31. The molecule has 0 aromatic carbocycles. The van der Waals surface area contributed by atoms with E-state index in [1.165, 1.54) is 14.2 Å². The Morgan fingerprint density at radius 1 is 1.50 bits per heavy atom. The Hall–Kier alpha value is -0.910. The van der Waals surface area contributed by atoms with Gasteiger partial charge in [-0.1, -0.05) is 0 Å². The predicted octanol–water partition coefficient (Wildman–Crippen LogP) is 1.18. The Bertz CT molecular complexity index is 359. The van der Waals surface area contributed by atoms with E-state index in [0.29, 0.717) is 6.42 Å². The van der Waals surface area contributed by atoms with Gasteiger partial charge in [0.25, 0.3) is 5.91 Å². The number of ketones is 1. The zero-order chi connectivity index (χ0) is 12.2. The second-order valence-electron chi connectivity index (χ2n) is 3.26. The molecule has 0 saturated heterocycles. The molecule has 1 amide bonds. The normalized spacial score (nSPS) is 21.1. The third-order valence-corrected chi connectivity index (χ3v) is 4.03. The Kier molecular flexibility index (Phi) is 4.46. The molecule has 0 aliphatic carbocycles. The molecule has 90 valence electrons. The van der Waals surface area contributed by atoms with Gasteiger partial charge >= 0.3 is 7.60 Å². The third kappa shape index (κ3) is 3.30. The molecule has 7 nitrogen and oxygen atoms in total. The van der Waals surface area contributed by atoms with Gasteiger partial charge in [-0.15, -0.1) is 5.11 Å². The molecule has 1 atom stereocenters. The summed E-state index contributed by atoms with van der Waals surface area (Å²) < 4.78 is 20.9. The van der Waals surface area contributed by atoms with Crippen molar-refractivity contribution in [2.45, 2.75) is 18.9 Å². The second kappa shape index (κ2) is 5.43. The van der Waals surface area contributed by atoms with E-state index in [-0.39, 0.29) is 24.3 Å². The lowest BCUT2D eigenvalue weighted by atomic mass is 10.1. The Labute approximate surface area is 92.7 Å². The molecule has 1 aliphatic rings. The fourth-order valence-electron chi connectivity index (χ4n) is 1.23. The summed E-state index contributed by atoms with van der Waals surface area (Å²) in [4.78, 5) is 22.4. The SMILES string of the molecule is COP(=O)(CC(=O)C1CCC(=O)N=N1)OC. The fourth-order valence-corrected chi connectivity index (χ4v) is 2.23. The molecule has 0 radical (unpaired) electrons. The van der Waals surface area contributed by atoms with Crippen LogP contribution in [0.25, 0.3) is 0 Å². The molecule has 0 aromatic rings. The van der Waals surface area contributed by atoms with Gasteiger partial charge < -0.3 is 9.05 Å². The van der Waals surface area contributed by atoms with Crippen molar-refractivity contribution in [1.82, 2.24) is 0 Å². The molecular formula is C8H13N2O5P. The van der Waals surface area contributed by atoms with E-state index in [1.54, 1.807) is 0 Å². The minimum atomic E-state index is -3.36. The van der Waals surface area contributed by atoms with Gasteiger partial charge in [0.05, 0.1) is 0 Å². The van der Waals surface area contributed by atoms with Crippen LogP contribution in [0.5, 0.6) is 0 Å². The summed E-state index contributed by atoms with van der Waals surface area (Å²) in [6, 6.07) is -0.712. The Morgan fingerprint density at radius 3 is 2.56 bits per heavy atom. The van der Waals surface area contributed by atoms with E-state index < -0.39 is 13.6 Å². The summed E-state index contributed by atoms with van der Waals surface area (Å²) in [6.45, 7) is 0. The molecule has 1 aliphatic heterocycles. The summed E-state index contributed by atoms with van der Waals surface area (Å²) in [7, 11) is -0.932. The zero-order valence-corrected chi connectivity index (χ0v) is 9.98. The van der Waals surface area contributed by atoms with Gasteiger partial charge in [-0.05, 0) is 6.42 Å². The first kappa shape index (κ1) is 13.2. The van der Waals surface area contributed by atoms with Crippen LogP contribution in [-0.2, 0) is 23.2 Å². The highest BCUT2D eigenvalue weighted by molar-refractivity contribution is 7.54. The maximum atomic E-state index is 11.7. The number of carbonyl (C=O) groups is 2. The van der Waals surface area contributed by atoms with Crippen molar-refractivity contribution in [2.24, 2.45) is 10.2 Å². The molecule has 0 saturated carbocycles. The maximum Gasteiger partial charge on any atom is 0.337 e. The Morgan fingerprint density at radius 2 is 2.12 bits per heavy atom. The smallest absolute Gasteiger partial charge is 0.312 e. The van der Waals surface area contributed by atoms with Crippen LogP contribution in [0.4, 0.5) is 0 Å². The van der Waals surface area contributed by atoms with E-state index >= 15 is 0 Å². The summed E-state index contributed by atoms with van der Waals surface area (Å²) in [6.07, 6.45) is 0.136. The van der Waals surface area contributed by atoms with Crippen LogP contribution in [0.2, 0.25) is 0 Å². The van der Waals surface area contributed by atoms with Crippen LogP contribution >= 0.6 is 7.60 Å². The molecule has 0 spiro atoms. The highest BCUT2D eigenvalue weighted by Crippen LogP contribution is 2.46. The number of azo groups is 1. The van der Waals surface area contributed by atoms with Crippen molar-refractivity contribution in [3.05, 3.63) is 0 Å². The fraction of sp³-hybridized carbons (Fsp3) is 0.750. The first-order valence-electron chi connectivity index (χ1n) is 4.67. The summed E-state index contributed by atoms with van der Waals surface area (Å²) in [5.41, 5.74) is 0. The largest absolute Gasteiger partial charge is 0.337 e. The van der Waals surface area contributed by atoms with Crippen LogP contribution in [-0.4, -0.2) is 38.1 Å². The van der Waals surface area contributed by atoms with Crippen molar-refractivity contribution in [2.75, 3.05) is 20.4 Å². The van der Waals surface area contributed by atoms with E-state index in [4.69, 9.17) is 0 Å². The summed E-state index contributed by atoms with van der Waals surface area (Å²) in [5, 5.41) is 6.86. The van der Waals surface area contributed by atoms with Crippen LogP contribution < -0.4 is 0 Å². The molecule has 16 heavy (non-hydrogen) atoms. The standard InChI is InChI=1S/C8H13N2O5P/c1-14-16(13,15-2)5-7(11)6-3-4-8(12)10-9-6/h6H,3-5H2,1-2H3. The molecule has 0 fully saturated rings. The number of hydrogen-bond donors (Lipinski definition) is 0. The maximum absolute atomic E-state index is 11.7. The molecule has 1 rings (SSSR count). The van der Waals surface area contributed by atoms with Crippen molar-refractivity contribution < 1.29 is 23.2 Å². The lowest BCUT2D eigenvalue weighted by molar-refractivity contribution is -0.121. The molecule has 1 unspecified atom stereocenters. The number of carbonyl (C=O) groups excluding carboxylic acids is 2. The molecule has 0 N–H and O–H groups in total. The lowest BCUT2D eigenvalue weighted by Gasteiger charge is -2.16. The first-order chi connectivity index (χ1) is 7.50. The van der Waals surface area contributed by atoms with Gasteiger partial charge in [-0.3, -0.25) is 14.2 Å². The number of Topliss-reactive ketones (excluding diaryl/α,β-unsaturated/α-hetero) is 1. The first-order valence-corrected chi connectivity index (χ1v) is 6.40. The minimum absolute atomic E-state index is 0.185. The predicted molar refractivity (Wildman–Crippen MR) is 54.4 cm³/mol. The van der Waals surface area contributed by atoms with Crippen molar-refractivity contribution >= 4 is 19.3 Å². The van der Waals surface area contributed by atoms with E-state index in [2.05, 4.69) is 19.3 Å². The molecule has 0 aromatic heterocycles. The van der Waals surface area contributed by atoms with Gasteiger partial charge in [0.1, 0.15) is 12.2 Å². The Balaban J connectivity index is 2.63. The number of hydrogen-bond acceptors (Lipinski definition) is 6.